The SMILES string of the molecule is O=c1nc(N2CCOCC2)nc(Nc2cccc3ccccc23)[nH]1. The fourth-order valence-electron chi connectivity index (χ4n) is 2.80. The maximum Gasteiger partial charge on any atom is 0.351 e. The number of fused-ring (bicyclic) bond motifs is 1. The summed E-state index contributed by atoms with van der Waals surface area (Å²) in [6, 6.07) is 14.0. The van der Waals surface area contributed by atoms with E-state index in [1.165, 1.54) is 0 Å². The predicted molar refractivity (Wildman–Crippen MR) is 92.9 cm³/mol. The lowest BCUT2D eigenvalue weighted by Crippen LogP contribution is -2.38. The van der Waals surface area contributed by atoms with Crippen molar-refractivity contribution in [3.8, 4) is 0 Å². The highest BCUT2D eigenvalue weighted by atomic mass is 16.5. The molecule has 0 unspecified atom stereocenters. The molecule has 3 aromatic rings. The van der Waals surface area contributed by atoms with Crippen LogP contribution in [0.15, 0.2) is 47.3 Å². The number of aromatic nitrogens is 3. The topological polar surface area (TPSA) is 83.1 Å². The van der Waals surface area contributed by atoms with Crippen LogP contribution in [0, 0.1) is 0 Å². The monoisotopic (exact) mass is 323 g/mol. The van der Waals surface area contributed by atoms with Gasteiger partial charge >= 0.3 is 5.69 Å². The van der Waals surface area contributed by atoms with Crippen molar-refractivity contribution in [3.63, 3.8) is 0 Å². The third-order valence-corrected chi connectivity index (χ3v) is 3.98. The summed E-state index contributed by atoms with van der Waals surface area (Å²) in [5.74, 6) is 0.803. The molecule has 1 aromatic heterocycles. The molecular formula is C17H17N5O2. The molecule has 0 atom stereocenters. The minimum absolute atomic E-state index is 0.382. The first kappa shape index (κ1) is 14.6. The number of H-pyrrole nitrogens is 1. The van der Waals surface area contributed by atoms with Gasteiger partial charge in [-0.3, -0.25) is 4.98 Å². The Morgan fingerprint density at radius 3 is 2.71 bits per heavy atom. The Bertz CT molecular complexity index is 913. The molecule has 2 aromatic carbocycles. The first-order valence-corrected chi connectivity index (χ1v) is 7.85. The third-order valence-electron chi connectivity index (χ3n) is 3.98. The second kappa shape index (κ2) is 6.29. The molecule has 1 fully saturated rings. The fourth-order valence-corrected chi connectivity index (χ4v) is 2.80. The van der Waals surface area contributed by atoms with E-state index in [9.17, 15) is 4.79 Å². The van der Waals surface area contributed by atoms with E-state index in [0.29, 0.717) is 38.2 Å². The molecule has 0 amide bonds. The van der Waals surface area contributed by atoms with Gasteiger partial charge in [-0.25, -0.2) is 4.79 Å². The van der Waals surface area contributed by atoms with Gasteiger partial charge in [0, 0.05) is 24.2 Å². The number of nitrogens with one attached hydrogen (secondary N) is 2. The van der Waals surface area contributed by atoms with Crippen molar-refractivity contribution in [2.45, 2.75) is 0 Å². The van der Waals surface area contributed by atoms with E-state index >= 15 is 0 Å². The molecule has 2 heterocycles. The van der Waals surface area contributed by atoms with Gasteiger partial charge in [-0.2, -0.15) is 9.97 Å². The van der Waals surface area contributed by atoms with Gasteiger partial charge in [-0.1, -0.05) is 36.4 Å². The highest BCUT2D eigenvalue weighted by Gasteiger charge is 2.15. The summed E-state index contributed by atoms with van der Waals surface area (Å²) in [6.45, 7) is 2.58. The molecule has 7 heteroatoms. The maximum absolute atomic E-state index is 11.9. The number of rotatable bonds is 3. The lowest BCUT2D eigenvalue weighted by atomic mass is 10.1. The van der Waals surface area contributed by atoms with Gasteiger partial charge in [0.15, 0.2) is 0 Å². The largest absolute Gasteiger partial charge is 0.378 e. The van der Waals surface area contributed by atoms with Crippen molar-refractivity contribution in [1.82, 2.24) is 15.0 Å². The van der Waals surface area contributed by atoms with Crippen molar-refractivity contribution < 1.29 is 4.74 Å². The van der Waals surface area contributed by atoms with Crippen molar-refractivity contribution in [2.75, 3.05) is 36.5 Å². The van der Waals surface area contributed by atoms with E-state index in [4.69, 9.17) is 4.74 Å². The summed E-state index contributed by atoms with van der Waals surface area (Å²) in [7, 11) is 0. The molecule has 0 saturated carbocycles. The van der Waals surface area contributed by atoms with Gasteiger partial charge in [-0.15, -0.1) is 0 Å². The van der Waals surface area contributed by atoms with E-state index in [2.05, 4.69) is 20.3 Å². The molecule has 0 aliphatic carbocycles. The average molecular weight is 323 g/mol. The highest BCUT2D eigenvalue weighted by molar-refractivity contribution is 5.94. The summed E-state index contributed by atoms with van der Waals surface area (Å²) < 4.78 is 5.33. The van der Waals surface area contributed by atoms with Crippen molar-refractivity contribution in [2.24, 2.45) is 0 Å². The number of nitrogens with zero attached hydrogens (tertiary/aromatic N) is 3. The number of hydrogen-bond donors (Lipinski definition) is 2. The van der Waals surface area contributed by atoms with Crippen LogP contribution in [0.25, 0.3) is 10.8 Å². The van der Waals surface area contributed by atoms with Crippen molar-refractivity contribution in [1.29, 1.82) is 0 Å². The van der Waals surface area contributed by atoms with E-state index in [-0.39, 0.29) is 0 Å². The normalized spacial score (nSPS) is 14.8. The minimum Gasteiger partial charge on any atom is -0.378 e. The van der Waals surface area contributed by atoms with E-state index in [1.54, 1.807) is 0 Å². The Hall–Kier alpha value is -2.93. The fraction of sp³-hybridized carbons (Fsp3) is 0.235. The van der Waals surface area contributed by atoms with Gasteiger partial charge in [0.05, 0.1) is 13.2 Å². The van der Waals surface area contributed by atoms with Gasteiger partial charge in [0.1, 0.15) is 0 Å². The predicted octanol–water partition coefficient (Wildman–Crippen LogP) is 1.90. The average Bonchev–Trinajstić information content (AvgIpc) is 2.62. The van der Waals surface area contributed by atoms with Crippen LogP contribution in [0.3, 0.4) is 0 Å². The summed E-state index contributed by atoms with van der Waals surface area (Å²) in [5.41, 5.74) is 0.463. The van der Waals surface area contributed by atoms with Crippen LogP contribution in [0.5, 0.6) is 0 Å². The quantitative estimate of drug-likeness (QED) is 0.766. The first-order chi connectivity index (χ1) is 11.8. The van der Waals surface area contributed by atoms with Crippen molar-refractivity contribution >= 4 is 28.4 Å². The lowest BCUT2D eigenvalue weighted by molar-refractivity contribution is 0.122. The first-order valence-electron chi connectivity index (χ1n) is 7.85. The Kier molecular flexibility index (Phi) is 3.84. The molecule has 24 heavy (non-hydrogen) atoms. The zero-order chi connectivity index (χ0) is 16.4. The van der Waals surface area contributed by atoms with Gasteiger partial charge in [-0.05, 0) is 11.5 Å². The van der Waals surface area contributed by atoms with Crippen LogP contribution in [0.2, 0.25) is 0 Å². The number of benzene rings is 2. The van der Waals surface area contributed by atoms with Gasteiger partial charge < -0.3 is 15.0 Å². The van der Waals surface area contributed by atoms with E-state index < -0.39 is 5.69 Å². The molecule has 1 saturated heterocycles. The van der Waals surface area contributed by atoms with Crippen LogP contribution in [-0.4, -0.2) is 41.3 Å². The van der Waals surface area contributed by atoms with E-state index in [1.807, 2.05) is 47.4 Å². The summed E-state index contributed by atoms with van der Waals surface area (Å²) in [4.78, 5) is 24.9. The maximum atomic E-state index is 11.9. The minimum atomic E-state index is -0.422. The highest BCUT2D eigenvalue weighted by Crippen LogP contribution is 2.25. The number of hydrogen-bond acceptors (Lipinski definition) is 6. The molecular weight excluding hydrogens is 306 g/mol. The zero-order valence-corrected chi connectivity index (χ0v) is 13.0. The molecule has 4 rings (SSSR count). The number of anilines is 3. The second-order valence-electron chi connectivity index (χ2n) is 5.55. The summed E-state index contributed by atoms with van der Waals surface area (Å²) in [6.07, 6.45) is 0. The van der Waals surface area contributed by atoms with Crippen LogP contribution < -0.4 is 15.9 Å². The summed E-state index contributed by atoms with van der Waals surface area (Å²) in [5, 5.41) is 5.38. The van der Waals surface area contributed by atoms with Gasteiger partial charge in [0.25, 0.3) is 0 Å². The Labute approximate surface area is 138 Å². The molecule has 2 N–H and O–H groups in total. The Morgan fingerprint density at radius 1 is 1.04 bits per heavy atom. The molecule has 122 valence electrons. The number of aromatic amines is 1. The molecule has 0 radical (unpaired) electrons. The molecule has 1 aliphatic heterocycles. The summed E-state index contributed by atoms with van der Waals surface area (Å²) >= 11 is 0. The van der Waals surface area contributed by atoms with Crippen molar-refractivity contribution in [3.05, 3.63) is 52.9 Å². The van der Waals surface area contributed by atoms with Crippen LogP contribution in [0.1, 0.15) is 0 Å². The number of ether oxygens (including phenoxy) is 1. The molecule has 1 aliphatic rings. The van der Waals surface area contributed by atoms with Gasteiger partial charge in [0.2, 0.25) is 11.9 Å². The zero-order valence-electron chi connectivity index (χ0n) is 13.0. The lowest BCUT2D eigenvalue weighted by Gasteiger charge is -2.26. The Balaban J connectivity index is 1.69. The second-order valence-corrected chi connectivity index (χ2v) is 5.55. The molecule has 7 nitrogen and oxygen atoms in total. The van der Waals surface area contributed by atoms with Crippen LogP contribution >= 0.6 is 0 Å². The van der Waals surface area contributed by atoms with Crippen LogP contribution in [0.4, 0.5) is 17.6 Å². The third kappa shape index (κ3) is 2.93. The van der Waals surface area contributed by atoms with Crippen LogP contribution in [-0.2, 0) is 4.74 Å². The smallest absolute Gasteiger partial charge is 0.351 e. The van der Waals surface area contributed by atoms with E-state index in [0.717, 1.165) is 16.5 Å². The standard InChI is InChI=1S/C17H17N5O2/c23-17-20-15(19-16(21-17)22-8-10-24-11-9-22)18-14-7-3-5-12-4-1-2-6-13(12)14/h1-7H,8-11H2,(H2,18,19,20,21,23). The Morgan fingerprint density at radius 2 is 1.83 bits per heavy atom. The molecule has 0 spiro atoms. The number of morpholine rings is 1. The molecule has 0 bridgehead atoms.